The van der Waals surface area contributed by atoms with Crippen LogP contribution in [0.15, 0.2) is 12.3 Å². The lowest BCUT2D eigenvalue weighted by molar-refractivity contribution is -0.238. The van der Waals surface area contributed by atoms with Crippen LogP contribution in [0.2, 0.25) is 5.28 Å². The molecule has 13 heteroatoms. The zero-order valence-corrected chi connectivity index (χ0v) is 17.8. The van der Waals surface area contributed by atoms with Gasteiger partial charge in [0.25, 0.3) is 0 Å². The van der Waals surface area contributed by atoms with E-state index in [1.807, 2.05) is 0 Å². The monoisotopic (exact) mass is 463 g/mol. The van der Waals surface area contributed by atoms with Crippen LogP contribution in [0.5, 0.6) is 5.88 Å². The van der Waals surface area contributed by atoms with Crippen LogP contribution < -0.4 is 4.74 Å². The number of ether oxygens (including phenoxy) is 2. The topological polar surface area (TPSA) is 145 Å². The van der Waals surface area contributed by atoms with Crippen molar-refractivity contribution in [3.63, 3.8) is 0 Å². The maximum atomic E-state index is 11.1. The van der Waals surface area contributed by atoms with E-state index in [0.29, 0.717) is 16.9 Å². The van der Waals surface area contributed by atoms with E-state index in [9.17, 15) is 14.8 Å². The number of hydrogen-bond donors (Lipinski definition) is 3. The zero-order chi connectivity index (χ0) is 21.5. The first-order valence-electron chi connectivity index (χ1n) is 9.57. The highest BCUT2D eigenvalue weighted by atomic mass is 35.5. The van der Waals surface area contributed by atoms with E-state index in [1.54, 1.807) is 12.3 Å². The molecule has 0 amide bonds. The number of aromatic nitrogens is 3. The number of nitrogens with zero attached hydrogens (tertiary/aromatic N) is 3. The number of halogens is 1. The van der Waals surface area contributed by atoms with Crippen molar-refractivity contribution in [2.75, 3.05) is 13.3 Å². The van der Waals surface area contributed by atoms with Gasteiger partial charge in [-0.25, -0.2) is 4.89 Å². The van der Waals surface area contributed by atoms with Crippen molar-refractivity contribution in [3.8, 4) is 5.88 Å². The highest BCUT2D eigenvalue weighted by Crippen LogP contribution is 2.38. The minimum Gasteiger partial charge on any atom is -0.474 e. The second kappa shape index (κ2) is 8.68. The second-order valence-electron chi connectivity index (χ2n) is 7.49. The molecule has 1 saturated heterocycles. The Hall–Kier alpha value is -1.30. The fraction of sp³-hybridized carbons (Fsp3) is 0.647. The molecule has 0 radical (unpaired) electrons. The van der Waals surface area contributed by atoms with E-state index in [-0.39, 0.29) is 18.0 Å². The molecule has 2 fully saturated rings. The first-order valence-corrected chi connectivity index (χ1v) is 12.0. The van der Waals surface area contributed by atoms with Crippen molar-refractivity contribution >= 4 is 30.2 Å². The molecular formula is C17H23ClN3O8P. The largest absolute Gasteiger partial charge is 0.474 e. The standard InChI is InChI=1S/C17H23ClN3O8P/c1-30(24,25)29-26-8-11-12(22)13(23)16(28-11)21-7-6-10-14(21)19-17(18)20-15(10)27-9-4-2-3-5-9/h6-7,9,11-13,16,22-23H,2-5,8H2,1H3,(H,24,25)/t11-,12-,13-,16-/m1/s1. The van der Waals surface area contributed by atoms with Crippen molar-refractivity contribution in [2.24, 2.45) is 0 Å². The van der Waals surface area contributed by atoms with Crippen molar-refractivity contribution in [2.45, 2.75) is 56.3 Å². The van der Waals surface area contributed by atoms with Gasteiger partial charge in [-0.05, 0) is 43.4 Å². The van der Waals surface area contributed by atoms with E-state index in [4.69, 9.17) is 26.0 Å². The lowest BCUT2D eigenvalue weighted by Crippen LogP contribution is -2.33. The number of aliphatic hydroxyl groups is 2. The summed E-state index contributed by atoms with van der Waals surface area (Å²) in [6, 6.07) is 1.73. The van der Waals surface area contributed by atoms with E-state index >= 15 is 0 Å². The van der Waals surface area contributed by atoms with Gasteiger partial charge in [-0.2, -0.15) is 9.97 Å². The molecule has 1 unspecified atom stereocenters. The Balaban J connectivity index is 1.55. The molecule has 0 aromatic carbocycles. The third-order valence-electron chi connectivity index (χ3n) is 5.12. The Kier molecular flexibility index (Phi) is 6.34. The van der Waals surface area contributed by atoms with E-state index in [1.165, 1.54) is 4.57 Å². The Labute approximate surface area is 177 Å². The summed E-state index contributed by atoms with van der Waals surface area (Å²) in [5.74, 6) is 0.360. The van der Waals surface area contributed by atoms with Gasteiger partial charge in [0.15, 0.2) is 11.9 Å². The fourth-order valence-electron chi connectivity index (χ4n) is 3.73. The van der Waals surface area contributed by atoms with Crippen LogP contribution >= 0.6 is 19.2 Å². The molecule has 2 aliphatic rings. The third kappa shape index (κ3) is 4.63. The predicted molar refractivity (Wildman–Crippen MR) is 104 cm³/mol. The van der Waals surface area contributed by atoms with Gasteiger partial charge in [0.05, 0.1) is 5.39 Å². The Bertz CT molecular complexity index is 946. The second-order valence-corrected chi connectivity index (χ2v) is 9.58. The molecule has 5 atom stereocenters. The summed E-state index contributed by atoms with van der Waals surface area (Å²) in [5.41, 5.74) is 0.380. The molecule has 1 aliphatic heterocycles. The lowest BCUT2D eigenvalue weighted by atomic mass is 10.1. The molecule has 0 bridgehead atoms. The van der Waals surface area contributed by atoms with Crippen molar-refractivity contribution < 1.29 is 38.7 Å². The van der Waals surface area contributed by atoms with Gasteiger partial charge in [0, 0.05) is 12.9 Å². The lowest BCUT2D eigenvalue weighted by Gasteiger charge is -2.18. The minimum atomic E-state index is -3.85. The number of rotatable bonds is 7. The van der Waals surface area contributed by atoms with Crippen LogP contribution in [-0.4, -0.2) is 67.3 Å². The van der Waals surface area contributed by atoms with Crippen LogP contribution in [0.3, 0.4) is 0 Å². The van der Waals surface area contributed by atoms with Gasteiger partial charge in [0.1, 0.15) is 31.0 Å². The van der Waals surface area contributed by atoms with Crippen molar-refractivity contribution in [1.82, 2.24) is 14.5 Å². The van der Waals surface area contributed by atoms with Crippen molar-refractivity contribution in [1.29, 1.82) is 0 Å². The molecule has 11 nitrogen and oxygen atoms in total. The van der Waals surface area contributed by atoms with Crippen LogP contribution in [0.4, 0.5) is 0 Å². The Morgan fingerprint density at radius 2 is 2.03 bits per heavy atom. The Morgan fingerprint density at radius 3 is 2.73 bits per heavy atom. The molecule has 30 heavy (non-hydrogen) atoms. The maximum absolute atomic E-state index is 11.1. The van der Waals surface area contributed by atoms with E-state index < -0.39 is 32.1 Å². The van der Waals surface area contributed by atoms with Crippen LogP contribution in [-0.2, 0) is 18.9 Å². The molecule has 2 aromatic heterocycles. The van der Waals surface area contributed by atoms with Gasteiger partial charge < -0.3 is 29.1 Å². The van der Waals surface area contributed by atoms with Gasteiger partial charge in [-0.1, -0.05) is 0 Å². The molecule has 4 rings (SSSR count). The normalized spacial score (nSPS) is 29.5. The molecule has 3 N–H and O–H groups in total. The van der Waals surface area contributed by atoms with Crippen LogP contribution in [0, 0.1) is 0 Å². The summed E-state index contributed by atoms with van der Waals surface area (Å²) in [4.78, 5) is 22.2. The molecule has 0 spiro atoms. The molecule has 3 heterocycles. The summed E-state index contributed by atoms with van der Waals surface area (Å²) < 4.78 is 28.7. The highest BCUT2D eigenvalue weighted by molar-refractivity contribution is 7.51. The summed E-state index contributed by atoms with van der Waals surface area (Å²) in [6.07, 6.45) is 1.16. The number of hydrogen-bond acceptors (Lipinski definition) is 9. The number of aliphatic hydroxyl groups excluding tert-OH is 2. The smallest absolute Gasteiger partial charge is 0.352 e. The van der Waals surface area contributed by atoms with Gasteiger partial charge in [-0.15, -0.1) is 4.67 Å². The summed E-state index contributed by atoms with van der Waals surface area (Å²) in [7, 11) is -3.85. The van der Waals surface area contributed by atoms with Gasteiger partial charge in [0.2, 0.25) is 11.2 Å². The first kappa shape index (κ1) is 21.9. The average Bonchev–Trinajstić information content (AvgIpc) is 3.37. The van der Waals surface area contributed by atoms with Crippen LogP contribution in [0.25, 0.3) is 11.0 Å². The molecule has 166 valence electrons. The van der Waals surface area contributed by atoms with Gasteiger partial charge in [-0.3, -0.25) is 4.57 Å². The highest BCUT2D eigenvalue weighted by Gasteiger charge is 2.44. The number of fused-ring (bicyclic) bond motifs is 1. The average molecular weight is 464 g/mol. The summed E-state index contributed by atoms with van der Waals surface area (Å²) in [6.45, 7) is 0.593. The third-order valence-corrected chi connectivity index (χ3v) is 5.68. The van der Waals surface area contributed by atoms with Gasteiger partial charge >= 0.3 is 7.60 Å². The fourth-order valence-corrected chi connectivity index (χ4v) is 4.14. The summed E-state index contributed by atoms with van der Waals surface area (Å²) >= 11 is 6.09. The minimum absolute atomic E-state index is 0.0154. The Morgan fingerprint density at radius 1 is 1.30 bits per heavy atom. The van der Waals surface area contributed by atoms with E-state index in [0.717, 1.165) is 32.3 Å². The quantitative estimate of drug-likeness (QED) is 0.240. The SMILES string of the molecule is CP(=O)(O)OOC[C@H]1O[C@@H](n2ccc3c(OC4CCCC4)nc(Cl)nc32)[C@H](O)[C@@H]1O. The molecule has 2 aromatic rings. The predicted octanol–water partition coefficient (Wildman–Crippen LogP) is 1.79. The van der Waals surface area contributed by atoms with Crippen molar-refractivity contribution in [3.05, 3.63) is 17.5 Å². The zero-order valence-electron chi connectivity index (χ0n) is 16.1. The molecule has 1 saturated carbocycles. The molecule has 1 aliphatic carbocycles. The summed E-state index contributed by atoms with van der Waals surface area (Å²) in [5, 5.41) is 21.4. The maximum Gasteiger partial charge on any atom is 0.352 e. The van der Waals surface area contributed by atoms with E-state index in [2.05, 4.69) is 19.5 Å². The molecular weight excluding hydrogens is 441 g/mol. The van der Waals surface area contributed by atoms with Crippen LogP contribution in [0.1, 0.15) is 31.9 Å². The first-order chi connectivity index (χ1) is 14.2.